The van der Waals surface area contributed by atoms with E-state index in [9.17, 15) is 9.59 Å². The average Bonchev–Trinajstić information content (AvgIpc) is 3.10. The molecule has 0 atom stereocenters. The molecule has 0 bridgehead atoms. The first-order valence-electron chi connectivity index (χ1n) is 12.2. The van der Waals surface area contributed by atoms with Crippen molar-refractivity contribution >= 4 is 17.6 Å². The minimum Gasteiger partial charge on any atom is -0.497 e. The number of carbonyl (C=O) groups excluding carboxylic acids is 2. The minimum atomic E-state index is 0.0216. The Morgan fingerprint density at radius 2 is 1.79 bits per heavy atom. The zero-order chi connectivity index (χ0) is 24.5. The summed E-state index contributed by atoms with van der Waals surface area (Å²) in [7, 11) is 1.65. The fraction of sp³-hybridized carbons (Fsp3) is 0.538. The maximum Gasteiger partial charge on any atom is 0.242 e. The zero-order valence-corrected chi connectivity index (χ0v) is 20.9. The van der Waals surface area contributed by atoms with E-state index in [0.29, 0.717) is 32.6 Å². The Labute approximate surface area is 202 Å². The van der Waals surface area contributed by atoms with Crippen molar-refractivity contribution in [2.45, 2.75) is 40.0 Å². The van der Waals surface area contributed by atoms with Gasteiger partial charge in [-0.2, -0.15) is 0 Å². The lowest BCUT2D eigenvalue weighted by molar-refractivity contribution is -0.140. The Hall–Kier alpha value is -3.16. The van der Waals surface area contributed by atoms with E-state index >= 15 is 0 Å². The molecule has 1 fully saturated rings. The molecule has 0 N–H and O–H groups in total. The lowest BCUT2D eigenvalue weighted by Crippen LogP contribution is -2.44. The summed E-state index contributed by atoms with van der Waals surface area (Å²) in [5, 5.41) is 8.85. The summed E-state index contributed by atoms with van der Waals surface area (Å²) >= 11 is 0. The van der Waals surface area contributed by atoms with Crippen LogP contribution in [0.4, 0.5) is 5.82 Å². The molecule has 0 aliphatic carbocycles. The SMILES string of the molecule is CCCN(CC(=O)N1CCCN(c2ccc(-c3ccc(OC)cc3)nn2)CC1)C(=O)CC(C)C. The molecule has 8 nitrogen and oxygen atoms in total. The quantitative estimate of drug-likeness (QED) is 0.562. The summed E-state index contributed by atoms with van der Waals surface area (Å²) in [4.78, 5) is 31.3. The molecule has 0 radical (unpaired) electrons. The van der Waals surface area contributed by atoms with Crippen molar-refractivity contribution in [2.24, 2.45) is 5.92 Å². The number of ether oxygens (including phenoxy) is 1. The van der Waals surface area contributed by atoms with Crippen LogP contribution in [0.3, 0.4) is 0 Å². The second kappa shape index (κ2) is 12.3. The van der Waals surface area contributed by atoms with Gasteiger partial charge in [-0.3, -0.25) is 9.59 Å². The van der Waals surface area contributed by atoms with Gasteiger partial charge in [0.05, 0.1) is 19.3 Å². The number of aromatic nitrogens is 2. The highest BCUT2D eigenvalue weighted by Gasteiger charge is 2.24. The van der Waals surface area contributed by atoms with E-state index in [4.69, 9.17) is 4.74 Å². The first-order chi connectivity index (χ1) is 16.4. The maximum atomic E-state index is 13.0. The van der Waals surface area contributed by atoms with Gasteiger partial charge in [-0.15, -0.1) is 10.2 Å². The number of benzene rings is 1. The van der Waals surface area contributed by atoms with Gasteiger partial charge in [-0.05, 0) is 55.2 Å². The molecule has 0 saturated carbocycles. The maximum absolute atomic E-state index is 13.0. The van der Waals surface area contributed by atoms with Gasteiger partial charge in [-0.25, -0.2) is 0 Å². The molecule has 2 heterocycles. The second-order valence-electron chi connectivity index (χ2n) is 9.14. The number of hydrogen-bond donors (Lipinski definition) is 0. The Bertz CT molecular complexity index is 930. The fourth-order valence-electron chi connectivity index (χ4n) is 4.11. The Kier molecular flexibility index (Phi) is 9.24. The number of amides is 2. The van der Waals surface area contributed by atoms with Gasteiger partial charge in [0.15, 0.2) is 5.82 Å². The Morgan fingerprint density at radius 1 is 1.03 bits per heavy atom. The number of anilines is 1. The Morgan fingerprint density at radius 3 is 2.41 bits per heavy atom. The second-order valence-corrected chi connectivity index (χ2v) is 9.14. The third-order valence-corrected chi connectivity index (χ3v) is 5.96. The van der Waals surface area contributed by atoms with Gasteiger partial charge in [0.2, 0.25) is 11.8 Å². The number of methoxy groups -OCH3 is 1. The first kappa shape index (κ1) is 25.5. The Balaban J connectivity index is 1.58. The van der Waals surface area contributed by atoms with Gasteiger partial charge in [0.25, 0.3) is 0 Å². The standard InChI is InChI=1S/C26H37N5O3/c1-5-13-31(25(32)18-20(2)3)19-26(33)30-15-6-14-29(16-17-30)24-12-11-23(27-28-24)21-7-9-22(34-4)10-8-21/h7-12,20H,5-6,13-19H2,1-4H3. The molecule has 8 heteroatoms. The van der Waals surface area contributed by atoms with Gasteiger partial charge >= 0.3 is 0 Å². The normalized spacial score (nSPS) is 14.1. The van der Waals surface area contributed by atoms with Crippen LogP contribution >= 0.6 is 0 Å². The summed E-state index contributed by atoms with van der Waals surface area (Å²) in [5.41, 5.74) is 1.79. The molecule has 3 rings (SSSR count). The lowest BCUT2D eigenvalue weighted by Gasteiger charge is -2.27. The van der Waals surface area contributed by atoms with Gasteiger partial charge < -0.3 is 19.4 Å². The van der Waals surface area contributed by atoms with E-state index in [1.54, 1.807) is 12.0 Å². The molecule has 0 spiro atoms. The van der Waals surface area contributed by atoms with Crippen LogP contribution in [-0.2, 0) is 9.59 Å². The van der Waals surface area contributed by atoms with Crippen molar-refractivity contribution in [1.29, 1.82) is 0 Å². The van der Waals surface area contributed by atoms with E-state index in [2.05, 4.69) is 15.1 Å². The van der Waals surface area contributed by atoms with E-state index in [0.717, 1.165) is 42.2 Å². The number of carbonyl (C=O) groups is 2. The van der Waals surface area contributed by atoms with Crippen LogP contribution in [0.1, 0.15) is 40.0 Å². The van der Waals surface area contributed by atoms with Crippen molar-refractivity contribution in [3.05, 3.63) is 36.4 Å². The first-order valence-corrected chi connectivity index (χ1v) is 12.2. The molecule has 184 valence electrons. The van der Waals surface area contributed by atoms with E-state index in [1.807, 2.05) is 62.1 Å². The predicted molar refractivity (Wildman–Crippen MR) is 134 cm³/mol. The highest BCUT2D eigenvalue weighted by atomic mass is 16.5. The third kappa shape index (κ3) is 6.92. The monoisotopic (exact) mass is 467 g/mol. The van der Waals surface area contributed by atoms with Crippen LogP contribution in [0.5, 0.6) is 5.75 Å². The highest BCUT2D eigenvalue weighted by molar-refractivity contribution is 5.85. The molecule has 1 aromatic heterocycles. The summed E-state index contributed by atoms with van der Waals surface area (Å²) in [6, 6.07) is 11.7. The number of hydrogen-bond acceptors (Lipinski definition) is 6. The molecule has 0 unspecified atom stereocenters. The summed E-state index contributed by atoms with van der Waals surface area (Å²) in [6.45, 7) is 9.67. The van der Waals surface area contributed by atoms with Crippen LogP contribution < -0.4 is 9.64 Å². The molecule has 2 amide bonds. The third-order valence-electron chi connectivity index (χ3n) is 5.96. The van der Waals surface area contributed by atoms with E-state index in [-0.39, 0.29) is 24.3 Å². The molecule has 34 heavy (non-hydrogen) atoms. The van der Waals surface area contributed by atoms with Crippen LogP contribution in [0, 0.1) is 5.92 Å². The zero-order valence-electron chi connectivity index (χ0n) is 20.9. The van der Waals surface area contributed by atoms with Crippen molar-refractivity contribution in [2.75, 3.05) is 51.3 Å². The van der Waals surface area contributed by atoms with Crippen LogP contribution in [-0.4, -0.2) is 78.2 Å². The van der Waals surface area contributed by atoms with E-state index < -0.39 is 0 Å². The van der Waals surface area contributed by atoms with Crippen LogP contribution in [0.15, 0.2) is 36.4 Å². The predicted octanol–water partition coefficient (Wildman–Crippen LogP) is 3.48. The van der Waals surface area contributed by atoms with E-state index in [1.165, 1.54) is 0 Å². The van der Waals surface area contributed by atoms with Crippen LogP contribution in [0.25, 0.3) is 11.3 Å². The molecular formula is C26H37N5O3. The summed E-state index contributed by atoms with van der Waals surface area (Å²) in [5.74, 6) is 1.98. The fourth-order valence-corrected chi connectivity index (χ4v) is 4.11. The molecule has 1 aliphatic rings. The number of rotatable bonds is 9. The van der Waals surface area contributed by atoms with Crippen molar-refractivity contribution in [3.8, 4) is 17.0 Å². The average molecular weight is 468 g/mol. The van der Waals surface area contributed by atoms with Gasteiger partial charge in [0.1, 0.15) is 5.75 Å². The molecule has 1 aromatic carbocycles. The largest absolute Gasteiger partial charge is 0.497 e. The summed E-state index contributed by atoms with van der Waals surface area (Å²) in [6.07, 6.45) is 2.17. The molecule has 2 aromatic rings. The van der Waals surface area contributed by atoms with Crippen LogP contribution in [0.2, 0.25) is 0 Å². The number of nitrogens with zero attached hydrogens (tertiary/aromatic N) is 5. The van der Waals surface area contributed by atoms with Gasteiger partial charge in [-0.1, -0.05) is 20.8 Å². The lowest BCUT2D eigenvalue weighted by atomic mass is 10.1. The van der Waals surface area contributed by atoms with Crippen molar-refractivity contribution in [3.63, 3.8) is 0 Å². The molecular weight excluding hydrogens is 430 g/mol. The topological polar surface area (TPSA) is 78.9 Å². The summed E-state index contributed by atoms with van der Waals surface area (Å²) < 4.78 is 5.21. The smallest absolute Gasteiger partial charge is 0.242 e. The van der Waals surface area contributed by atoms with Crippen molar-refractivity contribution < 1.29 is 14.3 Å². The molecule has 1 saturated heterocycles. The van der Waals surface area contributed by atoms with Crippen molar-refractivity contribution in [1.82, 2.24) is 20.0 Å². The highest BCUT2D eigenvalue weighted by Crippen LogP contribution is 2.22. The van der Waals surface area contributed by atoms with Gasteiger partial charge in [0, 0.05) is 44.7 Å². The molecule has 1 aliphatic heterocycles. The minimum absolute atomic E-state index is 0.0216.